The summed E-state index contributed by atoms with van der Waals surface area (Å²) >= 11 is 0. The molecular weight excluding hydrogens is 174 g/mol. The third-order valence-corrected chi connectivity index (χ3v) is 4.47. The van der Waals surface area contributed by atoms with Crippen molar-refractivity contribution < 1.29 is 5.11 Å². The van der Waals surface area contributed by atoms with Gasteiger partial charge in [0.15, 0.2) is 0 Å². The molecule has 0 aromatic heterocycles. The van der Waals surface area contributed by atoms with Crippen LogP contribution in [0.4, 0.5) is 0 Å². The summed E-state index contributed by atoms with van der Waals surface area (Å²) in [6, 6.07) is 2.41. The van der Waals surface area contributed by atoms with Gasteiger partial charge in [-0.1, -0.05) is 19.8 Å². The molecule has 2 heteroatoms. The lowest BCUT2D eigenvalue weighted by Crippen LogP contribution is -2.45. The first-order valence-electron chi connectivity index (χ1n) is 5.67. The van der Waals surface area contributed by atoms with Crippen LogP contribution in [0.2, 0.25) is 0 Å². The van der Waals surface area contributed by atoms with E-state index in [1.165, 1.54) is 0 Å². The second-order valence-electron chi connectivity index (χ2n) is 5.37. The summed E-state index contributed by atoms with van der Waals surface area (Å²) in [5.74, 6) is 0.969. The van der Waals surface area contributed by atoms with Crippen LogP contribution in [0.25, 0.3) is 0 Å². The molecule has 2 saturated carbocycles. The quantitative estimate of drug-likeness (QED) is 0.732. The van der Waals surface area contributed by atoms with E-state index in [4.69, 9.17) is 0 Å². The normalized spacial score (nSPS) is 38.7. The molecule has 2 fully saturated rings. The van der Waals surface area contributed by atoms with Gasteiger partial charge in [-0.05, 0) is 38.0 Å². The highest BCUT2D eigenvalue weighted by Gasteiger charge is 2.59. The lowest BCUT2D eigenvalue weighted by Gasteiger charge is -2.38. The molecule has 0 aliphatic heterocycles. The van der Waals surface area contributed by atoms with Crippen LogP contribution in [-0.4, -0.2) is 10.7 Å². The minimum absolute atomic E-state index is 0.361. The molecule has 3 atom stereocenters. The summed E-state index contributed by atoms with van der Waals surface area (Å²) in [6.45, 7) is 4.05. The molecule has 0 amide bonds. The molecule has 2 rings (SSSR count). The average molecular weight is 193 g/mol. The molecule has 0 spiro atoms. The highest BCUT2D eigenvalue weighted by molar-refractivity contribution is 5.17. The maximum absolute atomic E-state index is 10.6. The predicted molar refractivity (Wildman–Crippen MR) is 54.4 cm³/mol. The van der Waals surface area contributed by atoms with E-state index in [2.05, 4.69) is 13.0 Å². The van der Waals surface area contributed by atoms with Crippen LogP contribution in [0, 0.1) is 28.6 Å². The van der Waals surface area contributed by atoms with Gasteiger partial charge >= 0.3 is 0 Å². The van der Waals surface area contributed by atoms with Gasteiger partial charge in [0.25, 0.3) is 0 Å². The van der Waals surface area contributed by atoms with Crippen molar-refractivity contribution in [2.45, 2.75) is 51.6 Å². The van der Waals surface area contributed by atoms with E-state index in [0.29, 0.717) is 11.8 Å². The molecule has 2 aliphatic carbocycles. The molecule has 0 aromatic carbocycles. The van der Waals surface area contributed by atoms with Crippen molar-refractivity contribution in [3.8, 4) is 6.07 Å². The average Bonchev–Trinajstić information content (AvgIpc) is 2.69. The van der Waals surface area contributed by atoms with Crippen molar-refractivity contribution >= 4 is 0 Å². The summed E-state index contributed by atoms with van der Waals surface area (Å²) in [5.41, 5.74) is -1.19. The van der Waals surface area contributed by atoms with Crippen molar-refractivity contribution in [1.29, 1.82) is 5.26 Å². The molecule has 2 nitrogen and oxygen atoms in total. The molecule has 0 saturated heterocycles. The minimum atomic E-state index is -0.752. The maximum atomic E-state index is 10.6. The topological polar surface area (TPSA) is 44.0 Å². The molecule has 0 heterocycles. The second kappa shape index (κ2) is 2.97. The van der Waals surface area contributed by atoms with Crippen LogP contribution >= 0.6 is 0 Å². The zero-order valence-corrected chi connectivity index (χ0v) is 9.08. The first-order valence-corrected chi connectivity index (χ1v) is 5.67. The lowest BCUT2D eigenvalue weighted by molar-refractivity contribution is -0.0591. The van der Waals surface area contributed by atoms with Crippen LogP contribution in [0.1, 0.15) is 46.0 Å². The van der Waals surface area contributed by atoms with E-state index in [0.717, 1.165) is 32.1 Å². The number of nitrogens with zero attached hydrogens (tertiary/aromatic N) is 1. The van der Waals surface area contributed by atoms with Gasteiger partial charge in [-0.25, -0.2) is 0 Å². The zero-order valence-electron chi connectivity index (χ0n) is 9.08. The Bertz CT molecular complexity index is 271. The minimum Gasteiger partial charge on any atom is -0.388 e. The lowest BCUT2D eigenvalue weighted by atomic mass is 9.69. The monoisotopic (exact) mass is 193 g/mol. The summed E-state index contributed by atoms with van der Waals surface area (Å²) in [5, 5.41) is 19.9. The Balaban J connectivity index is 2.23. The summed E-state index contributed by atoms with van der Waals surface area (Å²) in [6.07, 6.45) is 5.07. The molecular formula is C12H19NO. The zero-order chi connectivity index (χ0) is 10.4. The van der Waals surface area contributed by atoms with Crippen molar-refractivity contribution in [3.63, 3.8) is 0 Å². The molecule has 2 aliphatic rings. The third-order valence-electron chi connectivity index (χ3n) is 4.47. The number of rotatable bonds is 2. The predicted octanol–water partition coefficient (Wildman–Crippen LogP) is 2.48. The van der Waals surface area contributed by atoms with Gasteiger partial charge < -0.3 is 5.11 Å². The first kappa shape index (κ1) is 9.98. The molecule has 78 valence electrons. The van der Waals surface area contributed by atoms with Crippen molar-refractivity contribution in [1.82, 2.24) is 0 Å². The van der Waals surface area contributed by atoms with Gasteiger partial charge in [-0.3, -0.25) is 0 Å². The highest BCUT2D eigenvalue weighted by Crippen LogP contribution is 2.57. The fraction of sp³-hybridized carbons (Fsp3) is 0.917. The van der Waals surface area contributed by atoms with Crippen LogP contribution in [0.5, 0.6) is 0 Å². The summed E-state index contributed by atoms with van der Waals surface area (Å²) in [4.78, 5) is 0. The van der Waals surface area contributed by atoms with Gasteiger partial charge in [0.05, 0.1) is 17.1 Å². The molecule has 0 radical (unpaired) electrons. The SMILES string of the molecule is CC1CC1C(C)(O)C1(C#N)CCCC1. The molecule has 3 unspecified atom stereocenters. The molecule has 1 N–H and O–H groups in total. The Morgan fingerprint density at radius 1 is 1.43 bits per heavy atom. The van der Waals surface area contributed by atoms with Crippen molar-refractivity contribution in [2.24, 2.45) is 17.3 Å². The Kier molecular flexibility index (Phi) is 2.12. The third kappa shape index (κ3) is 1.19. The number of aliphatic hydroxyl groups is 1. The van der Waals surface area contributed by atoms with Crippen LogP contribution in [-0.2, 0) is 0 Å². The Hall–Kier alpha value is -0.550. The standard InChI is InChI=1S/C12H19NO/c1-9-7-10(9)11(2,14)12(8-13)5-3-4-6-12/h9-10,14H,3-7H2,1-2H3. The molecule has 0 aromatic rings. The maximum Gasteiger partial charge on any atom is 0.0860 e. The van der Waals surface area contributed by atoms with Gasteiger partial charge in [0.1, 0.15) is 0 Å². The van der Waals surface area contributed by atoms with Crippen LogP contribution in [0.3, 0.4) is 0 Å². The fourth-order valence-corrected chi connectivity index (χ4v) is 3.17. The van der Waals surface area contributed by atoms with Crippen molar-refractivity contribution in [3.05, 3.63) is 0 Å². The van der Waals surface area contributed by atoms with Crippen molar-refractivity contribution in [2.75, 3.05) is 0 Å². The van der Waals surface area contributed by atoms with Crippen LogP contribution in [0.15, 0.2) is 0 Å². The van der Waals surface area contributed by atoms with Gasteiger partial charge in [0.2, 0.25) is 0 Å². The fourth-order valence-electron chi connectivity index (χ4n) is 3.17. The van der Waals surface area contributed by atoms with Gasteiger partial charge in [-0.15, -0.1) is 0 Å². The Morgan fingerprint density at radius 3 is 2.29 bits per heavy atom. The van der Waals surface area contributed by atoms with E-state index in [9.17, 15) is 10.4 Å². The number of hydrogen-bond acceptors (Lipinski definition) is 2. The Morgan fingerprint density at radius 2 is 1.93 bits per heavy atom. The van der Waals surface area contributed by atoms with Crippen LogP contribution < -0.4 is 0 Å². The number of hydrogen-bond donors (Lipinski definition) is 1. The number of nitriles is 1. The molecule has 0 bridgehead atoms. The highest BCUT2D eigenvalue weighted by atomic mass is 16.3. The summed E-state index contributed by atoms with van der Waals surface area (Å²) < 4.78 is 0. The van der Waals surface area contributed by atoms with E-state index in [1.54, 1.807) is 0 Å². The van der Waals surface area contributed by atoms with E-state index < -0.39 is 11.0 Å². The second-order valence-corrected chi connectivity index (χ2v) is 5.37. The van der Waals surface area contributed by atoms with Gasteiger partial charge in [0, 0.05) is 0 Å². The first-order chi connectivity index (χ1) is 6.53. The summed E-state index contributed by atoms with van der Waals surface area (Å²) in [7, 11) is 0. The molecule has 14 heavy (non-hydrogen) atoms. The van der Waals surface area contributed by atoms with E-state index in [1.807, 2.05) is 6.92 Å². The van der Waals surface area contributed by atoms with Gasteiger partial charge in [-0.2, -0.15) is 5.26 Å². The van der Waals surface area contributed by atoms with E-state index >= 15 is 0 Å². The Labute approximate surface area is 85.9 Å². The smallest absolute Gasteiger partial charge is 0.0860 e. The van der Waals surface area contributed by atoms with E-state index in [-0.39, 0.29) is 0 Å². The largest absolute Gasteiger partial charge is 0.388 e.